The van der Waals surface area contributed by atoms with Crippen molar-refractivity contribution in [3.8, 4) is 11.3 Å². The standard InChI is InChI=1S/C19H19ClN4O2/c1-11(19(2,3)26)22-18(25)15-8-7-12-9-21-10-13(17(12)24-15)14-5-4-6-16(20)23-14/h4-11,26H,1-3H3,(H,22,25). The highest BCUT2D eigenvalue weighted by Crippen LogP contribution is 2.26. The van der Waals surface area contributed by atoms with Gasteiger partial charge in [-0.25, -0.2) is 9.97 Å². The molecule has 0 saturated carbocycles. The molecule has 0 saturated heterocycles. The predicted octanol–water partition coefficient (Wildman–Crippen LogP) is 3.23. The van der Waals surface area contributed by atoms with Crippen LogP contribution in [0.4, 0.5) is 0 Å². The van der Waals surface area contributed by atoms with Gasteiger partial charge in [0.15, 0.2) is 0 Å². The molecule has 0 fully saturated rings. The van der Waals surface area contributed by atoms with Crippen LogP contribution < -0.4 is 5.32 Å². The first-order valence-electron chi connectivity index (χ1n) is 8.16. The average molecular weight is 371 g/mol. The van der Waals surface area contributed by atoms with Gasteiger partial charge in [-0.15, -0.1) is 0 Å². The highest BCUT2D eigenvalue weighted by atomic mass is 35.5. The van der Waals surface area contributed by atoms with Crippen molar-refractivity contribution in [1.29, 1.82) is 0 Å². The minimum atomic E-state index is -1.04. The molecule has 3 aromatic rings. The van der Waals surface area contributed by atoms with E-state index in [0.717, 1.165) is 5.39 Å². The van der Waals surface area contributed by atoms with Crippen molar-refractivity contribution >= 4 is 28.4 Å². The topological polar surface area (TPSA) is 88.0 Å². The Hall–Kier alpha value is -2.57. The van der Waals surface area contributed by atoms with Crippen LogP contribution in [-0.4, -0.2) is 37.6 Å². The molecule has 7 heteroatoms. The summed E-state index contributed by atoms with van der Waals surface area (Å²) in [6.45, 7) is 5.02. The van der Waals surface area contributed by atoms with E-state index in [2.05, 4.69) is 20.3 Å². The van der Waals surface area contributed by atoms with Crippen LogP contribution in [0.1, 0.15) is 31.3 Å². The van der Waals surface area contributed by atoms with Crippen LogP contribution in [0, 0.1) is 0 Å². The van der Waals surface area contributed by atoms with Gasteiger partial charge < -0.3 is 10.4 Å². The lowest BCUT2D eigenvalue weighted by Gasteiger charge is -2.26. The molecule has 0 aliphatic heterocycles. The quantitative estimate of drug-likeness (QED) is 0.688. The highest BCUT2D eigenvalue weighted by Gasteiger charge is 2.24. The molecule has 0 aliphatic carbocycles. The maximum atomic E-state index is 12.5. The van der Waals surface area contributed by atoms with Crippen LogP contribution in [0.5, 0.6) is 0 Å². The summed E-state index contributed by atoms with van der Waals surface area (Å²) in [4.78, 5) is 25.5. The molecule has 0 aliphatic rings. The third kappa shape index (κ3) is 3.81. The van der Waals surface area contributed by atoms with Crippen molar-refractivity contribution in [3.05, 3.63) is 53.6 Å². The number of aliphatic hydroxyl groups is 1. The van der Waals surface area contributed by atoms with E-state index in [1.807, 2.05) is 6.07 Å². The fourth-order valence-electron chi connectivity index (χ4n) is 2.36. The zero-order valence-electron chi connectivity index (χ0n) is 14.7. The summed E-state index contributed by atoms with van der Waals surface area (Å²) >= 11 is 5.99. The predicted molar refractivity (Wildman–Crippen MR) is 101 cm³/mol. The second-order valence-corrected chi connectivity index (χ2v) is 7.04. The van der Waals surface area contributed by atoms with Crippen LogP contribution in [0.25, 0.3) is 22.2 Å². The van der Waals surface area contributed by atoms with E-state index in [1.165, 1.54) is 0 Å². The largest absolute Gasteiger partial charge is 0.388 e. The van der Waals surface area contributed by atoms with Gasteiger partial charge in [0.2, 0.25) is 0 Å². The second kappa shape index (κ2) is 6.97. The Labute approximate surface area is 156 Å². The molecule has 1 amide bonds. The Balaban J connectivity index is 2.03. The van der Waals surface area contributed by atoms with Crippen molar-refractivity contribution in [2.75, 3.05) is 0 Å². The smallest absolute Gasteiger partial charge is 0.270 e. The van der Waals surface area contributed by atoms with Crippen molar-refractivity contribution in [1.82, 2.24) is 20.3 Å². The molecule has 3 aromatic heterocycles. The van der Waals surface area contributed by atoms with Crippen molar-refractivity contribution < 1.29 is 9.90 Å². The first-order chi connectivity index (χ1) is 12.3. The van der Waals surface area contributed by atoms with Crippen LogP contribution in [0.2, 0.25) is 5.15 Å². The number of carbonyl (C=O) groups is 1. The van der Waals surface area contributed by atoms with E-state index < -0.39 is 11.6 Å². The van der Waals surface area contributed by atoms with E-state index in [-0.39, 0.29) is 11.6 Å². The lowest BCUT2D eigenvalue weighted by molar-refractivity contribution is 0.0407. The van der Waals surface area contributed by atoms with Gasteiger partial charge in [-0.2, -0.15) is 0 Å². The molecule has 26 heavy (non-hydrogen) atoms. The fraction of sp³-hybridized carbons (Fsp3) is 0.263. The average Bonchev–Trinajstić information content (AvgIpc) is 2.59. The second-order valence-electron chi connectivity index (χ2n) is 6.65. The molecule has 2 N–H and O–H groups in total. The summed E-state index contributed by atoms with van der Waals surface area (Å²) in [5.74, 6) is -0.358. The number of aromatic nitrogens is 3. The van der Waals surface area contributed by atoms with E-state index in [4.69, 9.17) is 11.6 Å². The maximum absolute atomic E-state index is 12.5. The van der Waals surface area contributed by atoms with Gasteiger partial charge in [0.25, 0.3) is 5.91 Å². The molecule has 0 aromatic carbocycles. The maximum Gasteiger partial charge on any atom is 0.270 e. The summed E-state index contributed by atoms with van der Waals surface area (Å²) in [5.41, 5.74) is 1.15. The molecule has 0 spiro atoms. The van der Waals surface area contributed by atoms with E-state index >= 15 is 0 Å². The number of rotatable bonds is 4. The number of nitrogens with one attached hydrogen (secondary N) is 1. The van der Waals surface area contributed by atoms with Crippen LogP contribution in [-0.2, 0) is 0 Å². The van der Waals surface area contributed by atoms with E-state index in [9.17, 15) is 9.90 Å². The molecule has 1 unspecified atom stereocenters. The summed E-state index contributed by atoms with van der Waals surface area (Å²) in [6.07, 6.45) is 3.33. The number of fused-ring (bicyclic) bond motifs is 1. The normalized spacial score (nSPS) is 12.8. The number of pyridine rings is 3. The van der Waals surface area contributed by atoms with Gasteiger partial charge in [0, 0.05) is 23.3 Å². The Morgan fingerprint density at radius 3 is 2.65 bits per heavy atom. The Kier molecular flexibility index (Phi) is 4.89. The van der Waals surface area contributed by atoms with Gasteiger partial charge in [-0.1, -0.05) is 17.7 Å². The molecule has 6 nitrogen and oxygen atoms in total. The van der Waals surface area contributed by atoms with E-state index in [0.29, 0.717) is 21.9 Å². The SMILES string of the molecule is CC(NC(=O)c1ccc2cncc(-c3cccc(Cl)n3)c2n1)C(C)(C)O. The Morgan fingerprint density at radius 2 is 1.96 bits per heavy atom. The van der Waals surface area contributed by atoms with E-state index in [1.54, 1.807) is 57.4 Å². The van der Waals surface area contributed by atoms with Crippen molar-refractivity contribution in [3.63, 3.8) is 0 Å². The Morgan fingerprint density at radius 1 is 1.19 bits per heavy atom. The molecule has 134 valence electrons. The minimum absolute atomic E-state index is 0.253. The highest BCUT2D eigenvalue weighted by molar-refractivity contribution is 6.29. The molecule has 0 bridgehead atoms. The van der Waals surface area contributed by atoms with Crippen molar-refractivity contribution in [2.24, 2.45) is 0 Å². The fourth-order valence-corrected chi connectivity index (χ4v) is 2.53. The van der Waals surface area contributed by atoms with Gasteiger partial charge in [0.1, 0.15) is 10.8 Å². The lowest BCUT2D eigenvalue weighted by atomic mass is 10.0. The summed E-state index contributed by atoms with van der Waals surface area (Å²) in [6, 6.07) is 8.28. The molecule has 3 heterocycles. The third-order valence-corrected chi connectivity index (χ3v) is 4.44. The van der Waals surface area contributed by atoms with Gasteiger partial charge in [-0.05, 0) is 45.0 Å². The molecular formula is C19H19ClN4O2. The van der Waals surface area contributed by atoms with Gasteiger partial charge in [0.05, 0.1) is 22.9 Å². The van der Waals surface area contributed by atoms with Gasteiger partial charge in [-0.3, -0.25) is 9.78 Å². The number of halogens is 1. The zero-order chi connectivity index (χ0) is 18.9. The van der Waals surface area contributed by atoms with Crippen LogP contribution >= 0.6 is 11.6 Å². The molecule has 1 atom stereocenters. The number of carbonyl (C=O) groups excluding carboxylic acids is 1. The molecule has 0 radical (unpaired) electrons. The first kappa shape index (κ1) is 18.2. The number of nitrogens with zero attached hydrogens (tertiary/aromatic N) is 3. The number of hydrogen-bond acceptors (Lipinski definition) is 5. The third-order valence-electron chi connectivity index (χ3n) is 4.23. The lowest BCUT2D eigenvalue weighted by Crippen LogP contribution is -2.47. The van der Waals surface area contributed by atoms with Crippen LogP contribution in [0.15, 0.2) is 42.7 Å². The molecular weight excluding hydrogens is 352 g/mol. The summed E-state index contributed by atoms with van der Waals surface area (Å²) < 4.78 is 0. The number of hydrogen-bond donors (Lipinski definition) is 2. The van der Waals surface area contributed by atoms with Crippen molar-refractivity contribution in [2.45, 2.75) is 32.4 Å². The minimum Gasteiger partial charge on any atom is -0.388 e. The zero-order valence-corrected chi connectivity index (χ0v) is 15.4. The first-order valence-corrected chi connectivity index (χ1v) is 8.54. The Bertz CT molecular complexity index is 969. The van der Waals surface area contributed by atoms with Crippen LogP contribution in [0.3, 0.4) is 0 Å². The van der Waals surface area contributed by atoms with Gasteiger partial charge >= 0.3 is 0 Å². The number of amides is 1. The summed E-state index contributed by atoms with van der Waals surface area (Å²) in [5, 5.41) is 13.9. The molecule has 3 rings (SSSR count). The summed E-state index contributed by atoms with van der Waals surface area (Å²) in [7, 11) is 0. The monoisotopic (exact) mass is 370 g/mol.